The van der Waals surface area contributed by atoms with Crippen LogP contribution in [0.4, 0.5) is 0 Å². The Kier molecular flexibility index (Phi) is 6.27. The van der Waals surface area contributed by atoms with Crippen LogP contribution in [0.1, 0.15) is 31.2 Å². The lowest BCUT2D eigenvalue weighted by Crippen LogP contribution is -2.53. The Labute approximate surface area is 146 Å². The van der Waals surface area contributed by atoms with Crippen molar-refractivity contribution in [3.63, 3.8) is 0 Å². The predicted molar refractivity (Wildman–Crippen MR) is 98.0 cm³/mol. The van der Waals surface area contributed by atoms with Crippen LogP contribution in [-0.4, -0.2) is 61.5 Å². The van der Waals surface area contributed by atoms with E-state index in [0.717, 1.165) is 52.0 Å². The molecule has 1 aliphatic carbocycles. The van der Waals surface area contributed by atoms with Crippen LogP contribution in [0.15, 0.2) is 30.3 Å². The van der Waals surface area contributed by atoms with Crippen molar-refractivity contribution in [2.24, 2.45) is 5.92 Å². The first kappa shape index (κ1) is 17.4. The number of nitrogens with one attached hydrogen (secondary N) is 1. The monoisotopic (exact) mass is 329 g/mol. The van der Waals surface area contributed by atoms with Crippen LogP contribution in [0.2, 0.25) is 0 Å². The van der Waals surface area contributed by atoms with E-state index < -0.39 is 0 Å². The molecule has 1 aliphatic heterocycles. The molecular weight excluding hydrogens is 298 g/mol. The van der Waals surface area contributed by atoms with E-state index in [1.807, 2.05) is 0 Å². The molecule has 1 atom stereocenters. The van der Waals surface area contributed by atoms with Gasteiger partial charge in [0.15, 0.2) is 0 Å². The maximum Gasteiger partial charge on any atom is 0.223 e. The van der Waals surface area contributed by atoms with Crippen LogP contribution in [0.25, 0.3) is 0 Å². The molecule has 3 rings (SSSR count). The highest BCUT2D eigenvalue weighted by Gasteiger charge is 2.26. The van der Waals surface area contributed by atoms with Crippen molar-refractivity contribution in [1.29, 1.82) is 0 Å². The van der Waals surface area contributed by atoms with Crippen molar-refractivity contribution in [2.75, 3.05) is 39.8 Å². The van der Waals surface area contributed by atoms with Crippen LogP contribution >= 0.6 is 0 Å². The summed E-state index contributed by atoms with van der Waals surface area (Å²) in [6, 6.07) is 11.1. The Morgan fingerprint density at radius 3 is 2.46 bits per heavy atom. The minimum absolute atomic E-state index is 0.259. The summed E-state index contributed by atoms with van der Waals surface area (Å²) < 4.78 is 0. The molecule has 2 fully saturated rings. The maximum absolute atomic E-state index is 12.4. The Bertz CT molecular complexity index is 505. The van der Waals surface area contributed by atoms with Crippen LogP contribution < -0.4 is 5.32 Å². The van der Waals surface area contributed by atoms with Crippen LogP contribution in [0.5, 0.6) is 0 Å². The molecule has 1 aromatic carbocycles. The van der Waals surface area contributed by atoms with E-state index in [4.69, 9.17) is 0 Å². The van der Waals surface area contributed by atoms with Gasteiger partial charge in [0.25, 0.3) is 0 Å². The van der Waals surface area contributed by atoms with Crippen LogP contribution in [-0.2, 0) is 11.2 Å². The second kappa shape index (κ2) is 8.63. The number of piperazine rings is 1. The highest BCUT2D eigenvalue weighted by molar-refractivity contribution is 5.78. The number of nitrogens with zero attached hydrogens (tertiary/aromatic N) is 2. The van der Waals surface area contributed by atoms with E-state index in [1.165, 1.54) is 18.4 Å². The average molecular weight is 329 g/mol. The van der Waals surface area contributed by atoms with Gasteiger partial charge in [-0.25, -0.2) is 0 Å². The minimum atomic E-state index is 0.259. The normalized spacial score (nSPS) is 21.7. The van der Waals surface area contributed by atoms with E-state index in [1.54, 1.807) is 0 Å². The van der Waals surface area contributed by atoms with Crippen LogP contribution in [0.3, 0.4) is 0 Å². The summed E-state index contributed by atoms with van der Waals surface area (Å²) in [4.78, 5) is 17.3. The fourth-order valence-electron chi connectivity index (χ4n) is 3.95. The molecule has 1 amide bonds. The number of amides is 1. The zero-order chi connectivity index (χ0) is 16.8. The molecule has 1 heterocycles. The van der Waals surface area contributed by atoms with Crippen molar-refractivity contribution in [1.82, 2.24) is 15.1 Å². The first-order chi connectivity index (χ1) is 11.7. The third-order valence-electron chi connectivity index (χ3n) is 5.61. The second-order valence-electron chi connectivity index (χ2n) is 7.41. The average Bonchev–Trinajstić information content (AvgIpc) is 3.15. The lowest BCUT2D eigenvalue weighted by Gasteiger charge is -2.38. The molecule has 2 aliphatic rings. The summed E-state index contributed by atoms with van der Waals surface area (Å²) in [5.41, 5.74) is 1.36. The van der Waals surface area contributed by atoms with Crippen molar-refractivity contribution < 1.29 is 4.79 Å². The zero-order valence-electron chi connectivity index (χ0n) is 14.9. The molecule has 0 bridgehead atoms. The van der Waals surface area contributed by atoms with Gasteiger partial charge >= 0.3 is 0 Å². The summed E-state index contributed by atoms with van der Waals surface area (Å²) in [6.45, 7) is 5.18. The quantitative estimate of drug-likeness (QED) is 0.869. The zero-order valence-corrected chi connectivity index (χ0v) is 14.9. The second-order valence-corrected chi connectivity index (χ2v) is 7.41. The lowest BCUT2D eigenvalue weighted by molar-refractivity contribution is -0.125. The lowest BCUT2D eigenvalue weighted by atomic mass is 10.0. The number of rotatable bonds is 6. The largest absolute Gasteiger partial charge is 0.354 e. The molecule has 0 spiro atoms. The third-order valence-corrected chi connectivity index (χ3v) is 5.61. The van der Waals surface area contributed by atoms with E-state index >= 15 is 0 Å². The summed E-state index contributed by atoms with van der Waals surface area (Å²) in [6.07, 6.45) is 5.58. The van der Waals surface area contributed by atoms with E-state index in [0.29, 0.717) is 6.04 Å². The topological polar surface area (TPSA) is 35.6 Å². The number of benzene rings is 1. The fraction of sp³-hybridized carbons (Fsp3) is 0.650. The van der Waals surface area contributed by atoms with Crippen molar-refractivity contribution in [3.8, 4) is 0 Å². The molecule has 1 aromatic rings. The third kappa shape index (κ3) is 4.81. The molecule has 1 saturated carbocycles. The Morgan fingerprint density at radius 1 is 1.12 bits per heavy atom. The summed E-state index contributed by atoms with van der Waals surface area (Å²) >= 11 is 0. The molecule has 4 nitrogen and oxygen atoms in total. The van der Waals surface area contributed by atoms with E-state index in [9.17, 15) is 4.79 Å². The van der Waals surface area contributed by atoms with Gasteiger partial charge in [0.05, 0.1) is 0 Å². The Balaban J connectivity index is 1.59. The van der Waals surface area contributed by atoms with Gasteiger partial charge in [0, 0.05) is 44.7 Å². The molecule has 1 saturated heterocycles. The van der Waals surface area contributed by atoms with Gasteiger partial charge < -0.3 is 10.2 Å². The molecule has 0 aromatic heterocycles. The number of carbonyl (C=O) groups excluding carboxylic acids is 1. The Morgan fingerprint density at radius 2 is 1.79 bits per heavy atom. The molecule has 132 valence electrons. The maximum atomic E-state index is 12.4. The number of hydrogen-bond acceptors (Lipinski definition) is 3. The van der Waals surface area contributed by atoms with Gasteiger partial charge in [-0.15, -0.1) is 0 Å². The first-order valence-electron chi connectivity index (χ1n) is 9.46. The summed E-state index contributed by atoms with van der Waals surface area (Å²) in [7, 11) is 2.19. The van der Waals surface area contributed by atoms with Gasteiger partial charge in [-0.3, -0.25) is 9.69 Å². The highest BCUT2D eigenvalue weighted by Crippen LogP contribution is 2.24. The molecular formula is C20H31N3O. The summed E-state index contributed by atoms with van der Waals surface area (Å²) in [5.74, 6) is 0.537. The predicted octanol–water partition coefficient (Wildman–Crippen LogP) is 2.15. The number of likely N-dealkylation sites (N-methyl/N-ethyl adjacent to an activating group) is 1. The summed E-state index contributed by atoms with van der Waals surface area (Å²) in [5, 5.41) is 3.26. The van der Waals surface area contributed by atoms with Crippen LogP contribution in [0, 0.1) is 5.92 Å². The Hall–Kier alpha value is -1.39. The number of carbonyl (C=O) groups is 1. The smallest absolute Gasteiger partial charge is 0.223 e. The minimum Gasteiger partial charge on any atom is -0.354 e. The van der Waals surface area contributed by atoms with Crippen molar-refractivity contribution >= 4 is 5.91 Å². The first-order valence-corrected chi connectivity index (χ1v) is 9.46. The molecule has 4 heteroatoms. The van der Waals surface area contributed by atoms with Gasteiger partial charge in [-0.05, 0) is 31.9 Å². The highest BCUT2D eigenvalue weighted by atomic mass is 16.1. The number of hydrogen-bond donors (Lipinski definition) is 1. The van der Waals surface area contributed by atoms with Gasteiger partial charge in [-0.2, -0.15) is 0 Å². The van der Waals surface area contributed by atoms with Crippen molar-refractivity contribution in [3.05, 3.63) is 35.9 Å². The van der Waals surface area contributed by atoms with E-state index in [2.05, 4.69) is 52.5 Å². The fourth-order valence-corrected chi connectivity index (χ4v) is 3.95. The standard InChI is InChI=1S/C20H31N3O/c1-22-11-13-23(14-12-22)19(15-17-7-3-2-4-8-17)16-21-20(24)18-9-5-6-10-18/h2-4,7-8,18-19H,5-6,9-16H2,1H3,(H,21,24). The molecule has 0 radical (unpaired) electrons. The molecule has 1 unspecified atom stereocenters. The van der Waals surface area contributed by atoms with Gasteiger partial charge in [0.1, 0.15) is 0 Å². The molecule has 1 N–H and O–H groups in total. The van der Waals surface area contributed by atoms with Crippen molar-refractivity contribution in [2.45, 2.75) is 38.1 Å². The van der Waals surface area contributed by atoms with Gasteiger partial charge in [-0.1, -0.05) is 43.2 Å². The van der Waals surface area contributed by atoms with Gasteiger partial charge in [0.2, 0.25) is 5.91 Å². The molecule has 24 heavy (non-hydrogen) atoms. The SMILES string of the molecule is CN1CCN(C(CNC(=O)C2CCCC2)Cc2ccccc2)CC1. The van der Waals surface area contributed by atoms with E-state index in [-0.39, 0.29) is 11.8 Å².